The van der Waals surface area contributed by atoms with Crippen molar-refractivity contribution in [1.82, 2.24) is 26.4 Å². The van der Waals surface area contributed by atoms with E-state index in [1.165, 1.54) is 18.0 Å². The number of piperidine rings is 1. The largest absolute Gasteiger partial charge is 0.508 e. The number of benzene rings is 1. The number of aliphatic hydroxyl groups excluding tert-OH is 4. The van der Waals surface area contributed by atoms with Crippen molar-refractivity contribution in [2.24, 2.45) is 41.4 Å². The van der Waals surface area contributed by atoms with Crippen molar-refractivity contribution in [1.29, 1.82) is 0 Å². The molecule has 2 bridgehead atoms. The fraction of sp³-hybridized carbons (Fsp3) is 0.661. The third-order valence-corrected chi connectivity index (χ3v) is 17.7. The Labute approximate surface area is 468 Å². The number of fused-ring (bicyclic) bond motifs is 2. The molecule has 2 spiro atoms. The number of hydrazine groups is 1. The number of aryl methyl sites for hydroxylation is 1. The first kappa shape index (κ1) is 63.2. The normalized spacial score (nSPS) is 36.2. The Hall–Kier alpha value is -5.01. The van der Waals surface area contributed by atoms with Crippen LogP contribution in [-0.2, 0) is 33.4 Å². The highest BCUT2D eigenvalue weighted by Crippen LogP contribution is 2.54. The number of nitrogens with zero attached hydrogens (tertiary/aromatic N) is 1. The summed E-state index contributed by atoms with van der Waals surface area (Å²) in [7, 11) is 0. The minimum Gasteiger partial charge on any atom is -0.508 e. The third-order valence-electron chi connectivity index (χ3n) is 17.7. The van der Waals surface area contributed by atoms with Gasteiger partial charge < -0.3 is 50.4 Å². The minimum atomic E-state index is -1.50. The third kappa shape index (κ3) is 15.3. The van der Waals surface area contributed by atoms with Crippen molar-refractivity contribution >= 4 is 29.5 Å². The Morgan fingerprint density at radius 1 is 1.01 bits per heavy atom. The number of aromatic hydroxyl groups is 1. The van der Waals surface area contributed by atoms with Crippen LogP contribution in [0, 0.1) is 48.3 Å². The minimum absolute atomic E-state index is 0.00679. The number of cyclic esters (lactones) is 1. The van der Waals surface area contributed by atoms with E-state index in [9.17, 15) is 49.5 Å². The molecule has 3 fully saturated rings. The van der Waals surface area contributed by atoms with Gasteiger partial charge in [-0.15, -0.1) is 0 Å². The SMILES string of the molecule is CC[C@H]1C[C@H](C)[C@@]2(NC1=O)O[C@@H](C[C@H](O)[C@@H](C)CC/C=C/C=C(\C)[C@@H]1C/C=C/C=C/[C@H](O)[C@H](C)[C@@H](O)[C@@H](CCC(C)=O)C(=O)N[C@@H](C(C)C)C(O)NC3(C[C@H]3c3ccc(C)c(O)c3)C(=O)N3CCCC(N3)C(=O)O1)[C@H](C)C=C2C. The van der Waals surface area contributed by atoms with Gasteiger partial charge >= 0.3 is 5.97 Å². The molecule has 3 amide bonds. The summed E-state index contributed by atoms with van der Waals surface area (Å²) in [6, 6.07) is 3.29. The van der Waals surface area contributed by atoms with Crippen LogP contribution >= 0.6 is 0 Å². The summed E-state index contributed by atoms with van der Waals surface area (Å²) < 4.78 is 13.0. The first-order valence-corrected chi connectivity index (χ1v) is 29.1. The van der Waals surface area contributed by atoms with Crippen molar-refractivity contribution in [3.05, 3.63) is 89.1 Å². The molecule has 0 aromatic heterocycles. The first-order valence-electron chi connectivity index (χ1n) is 29.1. The fourth-order valence-electron chi connectivity index (χ4n) is 12.0. The lowest BCUT2D eigenvalue weighted by atomic mass is 9.75. The van der Waals surface area contributed by atoms with Gasteiger partial charge in [-0.25, -0.2) is 5.43 Å². The molecule has 17 nitrogen and oxygen atoms in total. The van der Waals surface area contributed by atoms with Crippen molar-refractivity contribution in [2.75, 3.05) is 6.54 Å². The molecule has 438 valence electrons. The maximum atomic E-state index is 15.0. The number of esters is 1. The zero-order valence-electron chi connectivity index (χ0n) is 48.6. The van der Waals surface area contributed by atoms with Crippen LogP contribution < -0.4 is 21.4 Å². The molecule has 17 heteroatoms. The van der Waals surface area contributed by atoms with Gasteiger partial charge in [0.15, 0.2) is 5.72 Å². The van der Waals surface area contributed by atoms with Crippen molar-refractivity contribution < 1.29 is 59.0 Å². The Balaban J connectivity index is 1.21. The molecular weight excluding hydrogens is 1010 g/mol. The molecule has 9 N–H and O–H groups in total. The Morgan fingerprint density at radius 2 is 1.75 bits per heavy atom. The van der Waals surface area contributed by atoms with E-state index in [2.05, 4.69) is 41.3 Å². The number of ketones is 1. The number of allylic oxidation sites excluding steroid dienone is 5. The lowest BCUT2D eigenvalue weighted by Crippen LogP contribution is -2.64. The maximum Gasteiger partial charge on any atom is 0.325 e. The quantitative estimate of drug-likeness (QED) is 0.0530. The van der Waals surface area contributed by atoms with E-state index in [0.29, 0.717) is 43.2 Å². The number of ether oxygens (including phenoxy) is 2. The van der Waals surface area contributed by atoms with Crippen molar-refractivity contribution in [3.8, 4) is 5.75 Å². The van der Waals surface area contributed by atoms with E-state index in [4.69, 9.17) is 9.47 Å². The van der Waals surface area contributed by atoms with Gasteiger partial charge in [0, 0.05) is 55.4 Å². The van der Waals surface area contributed by atoms with Gasteiger partial charge in [0.25, 0.3) is 5.91 Å². The van der Waals surface area contributed by atoms with Gasteiger partial charge in [-0.3, -0.25) is 29.5 Å². The summed E-state index contributed by atoms with van der Waals surface area (Å²) in [6.45, 7) is 20.8. The molecular formula is C62H93N5O12. The summed E-state index contributed by atoms with van der Waals surface area (Å²) in [5.74, 6) is -4.63. The molecule has 2 saturated heterocycles. The van der Waals surface area contributed by atoms with E-state index in [1.54, 1.807) is 58.1 Å². The van der Waals surface area contributed by atoms with Crippen LogP contribution in [0.5, 0.6) is 5.75 Å². The number of carbonyl (C=O) groups is 5. The highest BCUT2D eigenvalue weighted by Gasteiger charge is 2.63. The average molecular weight is 1100 g/mol. The van der Waals surface area contributed by atoms with Gasteiger partial charge in [0.1, 0.15) is 35.4 Å². The number of nitrogens with one attached hydrogen (secondary N) is 4. The second-order valence-corrected chi connectivity index (χ2v) is 24.1. The number of hydrogen-bond donors (Lipinski definition) is 9. The molecule has 3 unspecified atom stereocenters. The van der Waals surface area contributed by atoms with Crippen LogP contribution in [0.3, 0.4) is 0 Å². The van der Waals surface area contributed by atoms with Crippen LogP contribution in [0.25, 0.3) is 0 Å². The predicted molar refractivity (Wildman–Crippen MR) is 302 cm³/mol. The first-order chi connectivity index (χ1) is 37.3. The summed E-state index contributed by atoms with van der Waals surface area (Å²) in [6.07, 6.45) is 13.4. The number of hydrogen-bond acceptors (Lipinski definition) is 14. The van der Waals surface area contributed by atoms with Crippen molar-refractivity contribution in [3.63, 3.8) is 0 Å². The summed E-state index contributed by atoms with van der Waals surface area (Å²) in [4.78, 5) is 68.7. The molecule has 4 aliphatic heterocycles. The van der Waals surface area contributed by atoms with Gasteiger partial charge in [-0.1, -0.05) is 109 Å². The smallest absolute Gasteiger partial charge is 0.325 e. The number of amides is 3. The zero-order valence-corrected chi connectivity index (χ0v) is 48.6. The maximum absolute atomic E-state index is 15.0. The fourth-order valence-corrected chi connectivity index (χ4v) is 12.0. The molecule has 1 aromatic carbocycles. The standard InChI is InChI=1S/C62H93N5O12/c1-12-44-31-41(9)62(65-56(44)73)40(8)30-39(7)53(79-62)33-51(71)36(4)20-15-13-16-21-38(6)52-24-18-14-17-23-49(69)43(11)55(72)46(28-26-42(10)68)57(74)63-54(35(2)3)58(75)64-61(34-47(61)45-27-25-37(5)50(70)32-45)60(77)67-29-19-22-48(66-67)59(76)78-52/h13-14,16-18,21,23,25,27,30,32,35-36,39,41,43-44,46-49,51-55,58,64,66,69-72,75H,12,15,19-20,22,24,26,28-29,31,33-34H2,1-11H3,(H,63,74)(H,65,73)/b16-13+,18-14+,23-17+,38-21+/t36-,39+,41-,43-,44-,46+,47-,48?,49-,51-,52-,53-,54-,55+,58?,61?,62-/m0/s1. The number of Topliss-reactive ketones (excluding diaryl/α,β-unsaturated/α-hetero) is 1. The van der Waals surface area contributed by atoms with Crippen LogP contribution in [0.1, 0.15) is 157 Å². The van der Waals surface area contributed by atoms with Gasteiger partial charge in [-0.2, -0.15) is 0 Å². The zero-order chi connectivity index (χ0) is 58.1. The number of phenolic OH excluding ortho intramolecular Hbond substituents is 1. The average Bonchev–Trinajstić information content (AvgIpc) is 4.34. The molecule has 1 aromatic rings. The van der Waals surface area contributed by atoms with Crippen LogP contribution in [-0.4, -0.2) is 127 Å². The molecule has 79 heavy (non-hydrogen) atoms. The molecule has 1 aliphatic carbocycles. The van der Waals surface area contributed by atoms with E-state index < -0.39 is 95.4 Å². The Kier molecular flexibility index (Phi) is 22.1. The second kappa shape index (κ2) is 27.6. The van der Waals surface area contributed by atoms with Gasteiger partial charge in [0.2, 0.25) is 11.8 Å². The lowest BCUT2D eigenvalue weighted by Gasteiger charge is -2.51. The van der Waals surface area contributed by atoms with E-state index >= 15 is 0 Å². The van der Waals surface area contributed by atoms with E-state index in [0.717, 1.165) is 24.0 Å². The second-order valence-electron chi connectivity index (χ2n) is 24.1. The number of carbonyl (C=O) groups excluding carboxylic acids is 5. The van der Waals surface area contributed by atoms with Gasteiger partial charge in [0.05, 0.1) is 36.4 Å². The van der Waals surface area contributed by atoms with E-state index in [1.807, 2.05) is 52.0 Å². The summed E-state index contributed by atoms with van der Waals surface area (Å²) in [5, 5.41) is 68.0. The highest BCUT2D eigenvalue weighted by atomic mass is 16.5. The topological polar surface area (TPSA) is 256 Å². The Bertz CT molecular complexity index is 2470. The summed E-state index contributed by atoms with van der Waals surface area (Å²) in [5.41, 5.74) is 3.88. The monoisotopic (exact) mass is 1100 g/mol. The number of rotatable bonds is 14. The molecule has 0 radical (unpaired) electrons. The molecule has 4 heterocycles. The number of phenols is 1. The summed E-state index contributed by atoms with van der Waals surface area (Å²) >= 11 is 0. The van der Waals surface area contributed by atoms with Crippen LogP contribution in [0.4, 0.5) is 0 Å². The van der Waals surface area contributed by atoms with Crippen LogP contribution in [0.2, 0.25) is 0 Å². The van der Waals surface area contributed by atoms with Gasteiger partial charge in [-0.05, 0) is 119 Å². The highest BCUT2D eigenvalue weighted by molar-refractivity contribution is 5.92. The van der Waals surface area contributed by atoms with Crippen molar-refractivity contribution in [2.45, 2.75) is 213 Å². The molecule has 1 saturated carbocycles. The predicted octanol–water partition coefficient (Wildman–Crippen LogP) is 6.77. The lowest BCUT2D eigenvalue weighted by molar-refractivity contribution is -0.179. The molecule has 5 aliphatic rings. The van der Waals surface area contributed by atoms with E-state index in [-0.39, 0.29) is 79.4 Å². The Morgan fingerprint density at radius 3 is 2.43 bits per heavy atom. The molecule has 6 rings (SSSR count). The number of aliphatic hydroxyl groups is 4. The molecule has 17 atom stereocenters. The van der Waals surface area contributed by atoms with Crippen LogP contribution in [0.15, 0.2) is 78.0 Å².